The van der Waals surface area contributed by atoms with E-state index < -0.39 is 0 Å². The first-order valence-corrected chi connectivity index (χ1v) is 6.02. The van der Waals surface area contributed by atoms with Gasteiger partial charge in [-0.25, -0.2) is 9.97 Å². The number of amides is 1. The normalized spacial score (nSPS) is 10.5. The van der Waals surface area contributed by atoms with Gasteiger partial charge in [0.25, 0.3) is 5.91 Å². The molecule has 0 aliphatic carbocycles. The Morgan fingerprint density at radius 3 is 2.80 bits per heavy atom. The van der Waals surface area contributed by atoms with Crippen molar-refractivity contribution >= 4 is 29.3 Å². The van der Waals surface area contributed by atoms with Gasteiger partial charge in [-0.15, -0.1) is 0 Å². The van der Waals surface area contributed by atoms with Gasteiger partial charge < -0.3 is 5.32 Å². The van der Waals surface area contributed by atoms with Gasteiger partial charge >= 0.3 is 0 Å². The molecule has 4 nitrogen and oxygen atoms in total. The van der Waals surface area contributed by atoms with Crippen LogP contribution in [0.25, 0.3) is 0 Å². The van der Waals surface area contributed by atoms with Gasteiger partial charge in [0.2, 0.25) is 0 Å². The van der Waals surface area contributed by atoms with Crippen LogP contribution in [-0.2, 0) is 0 Å². The first-order valence-electron chi connectivity index (χ1n) is 4.42. The van der Waals surface area contributed by atoms with E-state index in [0.717, 1.165) is 0 Å². The molecule has 1 aromatic heterocycles. The van der Waals surface area contributed by atoms with Crippen LogP contribution in [0.1, 0.15) is 24.3 Å². The molecule has 1 heterocycles. The van der Waals surface area contributed by atoms with Crippen LogP contribution in [0, 0.1) is 0 Å². The number of nitrogens with one attached hydrogen (secondary N) is 1. The van der Waals surface area contributed by atoms with E-state index in [-0.39, 0.29) is 22.7 Å². The topological polar surface area (TPSA) is 54.9 Å². The molecule has 1 aromatic rings. The van der Waals surface area contributed by atoms with Crippen LogP contribution in [0.2, 0.25) is 5.02 Å². The third-order valence-electron chi connectivity index (χ3n) is 1.54. The minimum absolute atomic E-state index is 0.0567. The zero-order valence-corrected chi connectivity index (χ0v) is 10.3. The minimum Gasteiger partial charge on any atom is -0.348 e. The molecular formula is C9H12ClN3OS. The fourth-order valence-electron chi connectivity index (χ4n) is 0.939. The number of carbonyl (C=O) groups excluding carboxylic acids is 1. The summed E-state index contributed by atoms with van der Waals surface area (Å²) in [4.78, 5) is 19.7. The second-order valence-electron chi connectivity index (χ2n) is 3.18. The summed E-state index contributed by atoms with van der Waals surface area (Å²) in [5.74, 6) is -0.271. The molecule has 1 rings (SSSR count). The van der Waals surface area contributed by atoms with E-state index >= 15 is 0 Å². The molecule has 82 valence electrons. The van der Waals surface area contributed by atoms with Crippen molar-refractivity contribution in [2.75, 3.05) is 6.26 Å². The van der Waals surface area contributed by atoms with Gasteiger partial charge in [-0.1, -0.05) is 23.4 Å². The lowest BCUT2D eigenvalue weighted by Gasteiger charge is -2.08. The van der Waals surface area contributed by atoms with Crippen LogP contribution in [0.5, 0.6) is 0 Å². The van der Waals surface area contributed by atoms with Crippen molar-refractivity contribution in [2.45, 2.75) is 25.0 Å². The van der Waals surface area contributed by atoms with Gasteiger partial charge in [0.05, 0.1) is 11.2 Å². The van der Waals surface area contributed by atoms with Gasteiger partial charge in [0.1, 0.15) is 0 Å². The SMILES string of the molecule is CSc1ncc(Cl)c(C(=O)NC(C)C)n1. The summed E-state index contributed by atoms with van der Waals surface area (Å²) in [6.07, 6.45) is 3.28. The van der Waals surface area contributed by atoms with Gasteiger partial charge in [0.15, 0.2) is 10.9 Å². The third kappa shape index (κ3) is 3.35. The number of carbonyl (C=O) groups is 1. The Labute approximate surface area is 97.8 Å². The monoisotopic (exact) mass is 245 g/mol. The van der Waals surface area contributed by atoms with Crippen molar-refractivity contribution in [3.8, 4) is 0 Å². The molecule has 0 spiro atoms. The molecule has 0 aromatic carbocycles. The lowest BCUT2D eigenvalue weighted by Crippen LogP contribution is -2.31. The standard InChI is InChI=1S/C9H12ClN3OS/c1-5(2)12-8(14)7-6(10)4-11-9(13-7)15-3/h4-5H,1-3H3,(H,12,14). The van der Waals surface area contributed by atoms with Crippen LogP contribution in [0.4, 0.5) is 0 Å². The number of thioether (sulfide) groups is 1. The maximum Gasteiger partial charge on any atom is 0.271 e. The van der Waals surface area contributed by atoms with Crippen LogP contribution < -0.4 is 5.32 Å². The van der Waals surface area contributed by atoms with Crippen molar-refractivity contribution in [2.24, 2.45) is 0 Å². The molecule has 0 bridgehead atoms. The molecule has 0 atom stereocenters. The molecule has 0 aliphatic rings. The summed E-state index contributed by atoms with van der Waals surface area (Å²) in [5, 5.41) is 3.53. The lowest BCUT2D eigenvalue weighted by molar-refractivity contribution is 0.0937. The average molecular weight is 246 g/mol. The summed E-state index contributed by atoms with van der Waals surface area (Å²) in [6, 6.07) is 0.0567. The zero-order valence-electron chi connectivity index (χ0n) is 8.74. The fourth-order valence-corrected chi connectivity index (χ4v) is 1.46. The van der Waals surface area contributed by atoms with Crippen LogP contribution >= 0.6 is 23.4 Å². The predicted molar refractivity (Wildman–Crippen MR) is 61.4 cm³/mol. The Morgan fingerprint density at radius 2 is 2.27 bits per heavy atom. The van der Waals surface area contributed by atoms with Gasteiger partial charge in [-0.3, -0.25) is 4.79 Å². The molecular weight excluding hydrogens is 234 g/mol. The highest BCUT2D eigenvalue weighted by Crippen LogP contribution is 2.16. The molecule has 0 saturated heterocycles. The predicted octanol–water partition coefficient (Wildman–Crippen LogP) is 1.99. The second kappa shape index (κ2) is 5.32. The largest absolute Gasteiger partial charge is 0.348 e. The van der Waals surface area contributed by atoms with E-state index in [1.54, 1.807) is 0 Å². The van der Waals surface area contributed by atoms with E-state index in [2.05, 4.69) is 15.3 Å². The van der Waals surface area contributed by atoms with Gasteiger partial charge in [-0.05, 0) is 20.1 Å². The average Bonchev–Trinajstić information content (AvgIpc) is 2.17. The van der Waals surface area contributed by atoms with E-state index in [0.29, 0.717) is 5.16 Å². The highest BCUT2D eigenvalue weighted by atomic mass is 35.5. The molecule has 15 heavy (non-hydrogen) atoms. The van der Waals surface area contributed by atoms with E-state index in [1.165, 1.54) is 18.0 Å². The summed E-state index contributed by atoms with van der Waals surface area (Å²) < 4.78 is 0. The number of hydrogen-bond donors (Lipinski definition) is 1. The lowest BCUT2D eigenvalue weighted by atomic mass is 10.3. The number of halogens is 1. The van der Waals surface area contributed by atoms with Crippen molar-refractivity contribution in [1.82, 2.24) is 15.3 Å². The molecule has 6 heteroatoms. The molecule has 0 aliphatic heterocycles. The molecule has 0 saturated carbocycles. The first-order chi connectivity index (χ1) is 7.04. The Kier molecular flexibility index (Phi) is 4.35. The number of nitrogens with zero attached hydrogens (tertiary/aromatic N) is 2. The Morgan fingerprint density at radius 1 is 1.60 bits per heavy atom. The van der Waals surface area contributed by atoms with Gasteiger partial charge in [-0.2, -0.15) is 0 Å². The highest BCUT2D eigenvalue weighted by molar-refractivity contribution is 7.98. The van der Waals surface area contributed by atoms with Crippen molar-refractivity contribution in [3.63, 3.8) is 0 Å². The summed E-state index contributed by atoms with van der Waals surface area (Å²) in [7, 11) is 0. The van der Waals surface area contributed by atoms with Crippen LogP contribution in [0.15, 0.2) is 11.4 Å². The second-order valence-corrected chi connectivity index (χ2v) is 4.36. The number of aromatic nitrogens is 2. The quantitative estimate of drug-likeness (QED) is 0.654. The molecule has 0 unspecified atom stereocenters. The molecule has 0 radical (unpaired) electrons. The summed E-state index contributed by atoms with van der Waals surface area (Å²) >= 11 is 7.20. The highest BCUT2D eigenvalue weighted by Gasteiger charge is 2.14. The Bertz CT molecular complexity index is 370. The molecule has 0 fully saturated rings. The van der Waals surface area contributed by atoms with Crippen molar-refractivity contribution in [3.05, 3.63) is 16.9 Å². The van der Waals surface area contributed by atoms with Crippen LogP contribution in [0.3, 0.4) is 0 Å². The van der Waals surface area contributed by atoms with Crippen LogP contribution in [-0.4, -0.2) is 28.2 Å². The fraction of sp³-hybridized carbons (Fsp3) is 0.444. The smallest absolute Gasteiger partial charge is 0.271 e. The number of hydrogen-bond acceptors (Lipinski definition) is 4. The summed E-state index contributed by atoms with van der Waals surface area (Å²) in [6.45, 7) is 3.75. The minimum atomic E-state index is -0.271. The number of rotatable bonds is 3. The third-order valence-corrected chi connectivity index (χ3v) is 2.38. The molecule has 1 N–H and O–H groups in total. The Hall–Kier alpha value is -0.810. The maximum absolute atomic E-state index is 11.6. The van der Waals surface area contributed by atoms with E-state index in [4.69, 9.17) is 11.6 Å². The van der Waals surface area contributed by atoms with Crippen molar-refractivity contribution < 1.29 is 4.79 Å². The first kappa shape index (κ1) is 12.3. The Balaban J connectivity index is 2.96. The summed E-state index contributed by atoms with van der Waals surface area (Å²) in [5.41, 5.74) is 0.227. The molecule has 1 amide bonds. The van der Waals surface area contributed by atoms with E-state index in [9.17, 15) is 4.79 Å². The maximum atomic E-state index is 11.6. The van der Waals surface area contributed by atoms with E-state index in [1.807, 2.05) is 20.1 Å². The van der Waals surface area contributed by atoms with Gasteiger partial charge in [0, 0.05) is 6.04 Å². The zero-order chi connectivity index (χ0) is 11.4. The van der Waals surface area contributed by atoms with Crippen molar-refractivity contribution in [1.29, 1.82) is 0 Å².